The van der Waals surface area contributed by atoms with Crippen molar-refractivity contribution in [1.29, 1.82) is 0 Å². The summed E-state index contributed by atoms with van der Waals surface area (Å²) in [6.07, 6.45) is 2.23. The lowest BCUT2D eigenvalue weighted by Crippen LogP contribution is -2.52. The molecule has 1 N–H and O–H groups in total. The van der Waals surface area contributed by atoms with E-state index in [4.69, 9.17) is 4.74 Å². The van der Waals surface area contributed by atoms with Crippen molar-refractivity contribution in [1.82, 2.24) is 20.0 Å². The lowest BCUT2D eigenvalue weighted by Gasteiger charge is -2.35. The summed E-state index contributed by atoms with van der Waals surface area (Å²) in [7, 11) is 2.17. The number of hydrogen-bond acceptors (Lipinski definition) is 4. The summed E-state index contributed by atoms with van der Waals surface area (Å²) in [5, 5.41) is 8.27. The normalized spacial score (nSPS) is 21.6. The van der Waals surface area contributed by atoms with Crippen LogP contribution in [0.2, 0.25) is 0 Å². The van der Waals surface area contributed by atoms with Gasteiger partial charge in [0.15, 0.2) is 0 Å². The average molecular weight is 294 g/mol. The van der Waals surface area contributed by atoms with E-state index in [1.165, 1.54) is 11.4 Å². The van der Waals surface area contributed by atoms with Crippen LogP contribution in [0, 0.1) is 0 Å². The van der Waals surface area contributed by atoms with E-state index in [0.29, 0.717) is 6.04 Å². The zero-order chi connectivity index (χ0) is 15.2. The number of nitrogens with zero attached hydrogens (tertiary/aromatic N) is 3. The van der Waals surface area contributed by atoms with Crippen LogP contribution >= 0.6 is 0 Å². The highest BCUT2D eigenvalue weighted by Gasteiger charge is 2.27. The Balaban J connectivity index is 2.09. The molecule has 2 heterocycles. The van der Waals surface area contributed by atoms with E-state index in [1.54, 1.807) is 0 Å². The number of ether oxygens (including phenoxy) is 1. The lowest BCUT2D eigenvalue weighted by molar-refractivity contribution is -0.0384. The van der Waals surface area contributed by atoms with Gasteiger partial charge in [0, 0.05) is 37.8 Å². The third-order valence-corrected chi connectivity index (χ3v) is 4.22. The Bertz CT molecular complexity index is 432. The van der Waals surface area contributed by atoms with Gasteiger partial charge in [0.2, 0.25) is 0 Å². The summed E-state index contributed by atoms with van der Waals surface area (Å²) in [4.78, 5) is 2.35. The molecule has 0 aromatic carbocycles. The fourth-order valence-corrected chi connectivity index (χ4v) is 3.00. The van der Waals surface area contributed by atoms with Gasteiger partial charge >= 0.3 is 0 Å². The number of morpholine rings is 1. The van der Waals surface area contributed by atoms with Crippen molar-refractivity contribution in [3.63, 3.8) is 0 Å². The van der Waals surface area contributed by atoms with Gasteiger partial charge in [-0.25, -0.2) is 0 Å². The highest BCUT2D eigenvalue weighted by atomic mass is 16.5. The summed E-state index contributed by atoms with van der Waals surface area (Å²) in [5.41, 5.74) is 2.50. The third kappa shape index (κ3) is 4.28. The van der Waals surface area contributed by atoms with Crippen LogP contribution in [0.5, 0.6) is 0 Å². The minimum Gasteiger partial charge on any atom is -0.374 e. The number of likely N-dealkylation sites (N-methyl/N-ethyl adjacent to an activating group) is 2. The van der Waals surface area contributed by atoms with Crippen LogP contribution in [0.15, 0.2) is 6.07 Å². The molecule has 2 atom stereocenters. The molecule has 0 bridgehead atoms. The summed E-state index contributed by atoms with van der Waals surface area (Å²) in [5.74, 6) is 0. The lowest BCUT2D eigenvalue weighted by atomic mass is 10.0. The number of aromatic nitrogens is 2. The van der Waals surface area contributed by atoms with E-state index in [1.807, 2.05) is 0 Å². The Kier molecular flexibility index (Phi) is 6.21. The molecule has 1 aliphatic heterocycles. The fraction of sp³-hybridized carbons (Fsp3) is 0.812. The number of hydrogen-bond donors (Lipinski definition) is 1. The van der Waals surface area contributed by atoms with Crippen molar-refractivity contribution in [2.24, 2.45) is 0 Å². The average Bonchev–Trinajstić information content (AvgIpc) is 2.89. The van der Waals surface area contributed by atoms with E-state index in [-0.39, 0.29) is 6.10 Å². The molecule has 1 aromatic heterocycles. The fourth-order valence-electron chi connectivity index (χ4n) is 3.00. The van der Waals surface area contributed by atoms with Gasteiger partial charge in [-0.2, -0.15) is 5.10 Å². The van der Waals surface area contributed by atoms with Crippen molar-refractivity contribution < 1.29 is 4.74 Å². The summed E-state index contributed by atoms with van der Waals surface area (Å²) in [6, 6.07) is 2.60. The molecule has 0 radical (unpaired) electrons. The number of nitrogens with one attached hydrogen (secondary N) is 1. The molecule has 0 saturated carbocycles. The van der Waals surface area contributed by atoms with E-state index in [2.05, 4.69) is 53.9 Å². The molecule has 2 unspecified atom stereocenters. The molecule has 1 aromatic rings. The van der Waals surface area contributed by atoms with Crippen LogP contribution in [0.3, 0.4) is 0 Å². The van der Waals surface area contributed by atoms with Gasteiger partial charge in [-0.15, -0.1) is 0 Å². The monoisotopic (exact) mass is 294 g/mol. The molecule has 1 aliphatic rings. The van der Waals surface area contributed by atoms with E-state index in [0.717, 1.165) is 45.6 Å². The second-order valence-corrected chi connectivity index (χ2v) is 5.84. The molecule has 5 nitrogen and oxygen atoms in total. The van der Waals surface area contributed by atoms with Gasteiger partial charge < -0.3 is 15.0 Å². The van der Waals surface area contributed by atoms with Crippen molar-refractivity contribution in [2.45, 2.75) is 52.3 Å². The van der Waals surface area contributed by atoms with E-state index in [9.17, 15) is 0 Å². The van der Waals surface area contributed by atoms with E-state index >= 15 is 0 Å². The number of aryl methyl sites for hydroxylation is 2. The first-order valence-electron chi connectivity index (χ1n) is 8.27. The molecule has 21 heavy (non-hydrogen) atoms. The zero-order valence-electron chi connectivity index (χ0n) is 13.9. The van der Waals surface area contributed by atoms with Gasteiger partial charge in [-0.1, -0.05) is 13.8 Å². The highest BCUT2D eigenvalue weighted by Crippen LogP contribution is 2.14. The Hall–Kier alpha value is -0.910. The predicted octanol–water partition coefficient (Wildman–Crippen LogP) is 1.32. The Labute approximate surface area is 128 Å². The summed E-state index contributed by atoms with van der Waals surface area (Å²) < 4.78 is 8.14. The maximum Gasteiger partial charge on any atom is 0.0858 e. The molecule has 0 spiro atoms. The minimum atomic E-state index is 0.258. The Morgan fingerprint density at radius 2 is 2.24 bits per heavy atom. The Morgan fingerprint density at radius 1 is 1.43 bits per heavy atom. The van der Waals surface area contributed by atoms with Crippen molar-refractivity contribution in [3.05, 3.63) is 17.5 Å². The topological polar surface area (TPSA) is 42.3 Å². The van der Waals surface area contributed by atoms with Crippen molar-refractivity contribution in [2.75, 3.05) is 33.3 Å². The molecular formula is C16H30N4O. The molecule has 0 amide bonds. The molecule has 120 valence electrons. The van der Waals surface area contributed by atoms with Crippen LogP contribution in [-0.4, -0.2) is 60.1 Å². The highest BCUT2D eigenvalue weighted by molar-refractivity contribution is 5.12. The van der Waals surface area contributed by atoms with Crippen molar-refractivity contribution in [3.8, 4) is 0 Å². The molecule has 1 fully saturated rings. The SMILES string of the molecule is CCNC(Cc1cc(CC)nn1CC)C1CN(C)CCO1. The quantitative estimate of drug-likeness (QED) is 0.823. The minimum absolute atomic E-state index is 0.258. The molecule has 2 rings (SSSR count). The predicted molar refractivity (Wildman–Crippen MR) is 85.7 cm³/mol. The van der Waals surface area contributed by atoms with Crippen LogP contribution in [0.4, 0.5) is 0 Å². The maximum absolute atomic E-state index is 6.01. The van der Waals surface area contributed by atoms with E-state index < -0.39 is 0 Å². The molecule has 5 heteroatoms. The first-order chi connectivity index (χ1) is 10.2. The van der Waals surface area contributed by atoms with Gasteiger partial charge in [-0.3, -0.25) is 4.68 Å². The smallest absolute Gasteiger partial charge is 0.0858 e. The largest absolute Gasteiger partial charge is 0.374 e. The zero-order valence-corrected chi connectivity index (χ0v) is 13.9. The molecule has 0 aliphatic carbocycles. The maximum atomic E-state index is 6.01. The van der Waals surface area contributed by atoms with Gasteiger partial charge in [-0.05, 0) is 33.0 Å². The third-order valence-electron chi connectivity index (χ3n) is 4.22. The first kappa shape index (κ1) is 16.5. The summed E-state index contributed by atoms with van der Waals surface area (Å²) >= 11 is 0. The molecule has 1 saturated heterocycles. The molecular weight excluding hydrogens is 264 g/mol. The van der Waals surface area contributed by atoms with Crippen LogP contribution in [-0.2, 0) is 24.1 Å². The second kappa shape index (κ2) is 7.92. The van der Waals surface area contributed by atoms with Crippen molar-refractivity contribution >= 4 is 0 Å². The van der Waals surface area contributed by atoms with Gasteiger partial charge in [0.05, 0.1) is 18.4 Å². The summed E-state index contributed by atoms with van der Waals surface area (Å²) in [6.45, 7) is 11.2. The van der Waals surface area contributed by atoms with Gasteiger partial charge in [0.25, 0.3) is 0 Å². The number of rotatable bonds is 7. The van der Waals surface area contributed by atoms with Crippen LogP contribution in [0.25, 0.3) is 0 Å². The second-order valence-electron chi connectivity index (χ2n) is 5.84. The van der Waals surface area contributed by atoms with Crippen LogP contribution in [0.1, 0.15) is 32.2 Å². The van der Waals surface area contributed by atoms with Crippen LogP contribution < -0.4 is 5.32 Å². The standard InChI is InChI=1S/C16H30N4O/c1-5-13-10-14(20(7-3)18-13)11-15(17-6-2)16-12-19(4)8-9-21-16/h10,15-17H,5-9,11-12H2,1-4H3. The first-order valence-corrected chi connectivity index (χ1v) is 8.27. The Morgan fingerprint density at radius 3 is 2.86 bits per heavy atom. The van der Waals surface area contributed by atoms with Gasteiger partial charge in [0.1, 0.15) is 0 Å².